The molecule has 0 atom stereocenters. The lowest BCUT2D eigenvalue weighted by Crippen LogP contribution is -2.51. The minimum Gasteiger partial charge on any atom is -0.340 e. The summed E-state index contributed by atoms with van der Waals surface area (Å²) >= 11 is 0. The molecular formula is C11H25N3O. The van der Waals surface area contributed by atoms with E-state index in [2.05, 4.69) is 4.90 Å². The van der Waals surface area contributed by atoms with Gasteiger partial charge in [0.25, 0.3) is 0 Å². The van der Waals surface area contributed by atoms with Crippen LogP contribution in [0.15, 0.2) is 0 Å². The summed E-state index contributed by atoms with van der Waals surface area (Å²) in [4.78, 5) is 15.7. The maximum atomic E-state index is 11.6. The fourth-order valence-corrected chi connectivity index (χ4v) is 1.52. The zero-order valence-corrected chi connectivity index (χ0v) is 10.5. The highest BCUT2D eigenvalue weighted by Crippen LogP contribution is 2.05. The molecule has 0 aromatic heterocycles. The molecule has 1 amide bonds. The maximum absolute atomic E-state index is 11.6. The third kappa shape index (κ3) is 4.62. The van der Waals surface area contributed by atoms with E-state index in [0.717, 1.165) is 26.2 Å². The number of nitrogens with two attached hydrogens (primary N) is 1. The van der Waals surface area contributed by atoms with Gasteiger partial charge >= 0.3 is 0 Å². The van der Waals surface area contributed by atoms with Gasteiger partial charge in [-0.3, -0.25) is 9.69 Å². The van der Waals surface area contributed by atoms with Crippen molar-refractivity contribution in [3.8, 4) is 0 Å². The van der Waals surface area contributed by atoms with E-state index < -0.39 is 0 Å². The van der Waals surface area contributed by atoms with Gasteiger partial charge in [0.15, 0.2) is 0 Å². The van der Waals surface area contributed by atoms with E-state index in [9.17, 15) is 4.79 Å². The Kier molecular flexibility index (Phi) is 7.34. The molecule has 0 aromatic rings. The van der Waals surface area contributed by atoms with E-state index in [1.54, 1.807) is 0 Å². The Morgan fingerprint density at radius 1 is 1.20 bits per heavy atom. The Morgan fingerprint density at radius 2 is 1.67 bits per heavy atom. The first-order chi connectivity index (χ1) is 7.15. The van der Waals surface area contributed by atoms with E-state index in [-0.39, 0.29) is 11.8 Å². The lowest BCUT2D eigenvalue weighted by Gasteiger charge is -2.34. The smallest absolute Gasteiger partial charge is 0.225 e. The summed E-state index contributed by atoms with van der Waals surface area (Å²) in [6, 6.07) is 0. The summed E-state index contributed by atoms with van der Waals surface area (Å²) in [7, 11) is 0. The van der Waals surface area contributed by atoms with Gasteiger partial charge in [0.1, 0.15) is 0 Å². The lowest BCUT2D eigenvalue weighted by molar-refractivity contribution is -0.136. The highest BCUT2D eigenvalue weighted by molar-refractivity contribution is 5.78. The number of piperazine rings is 1. The van der Waals surface area contributed by atoms with Crippen LogP contribution in [0.3, 0.4) is 0 Å². The minimum atomic E-state index is 0.115. The third-order valence-corrected chi connectivity index (χ3v) is 2.44. The van der Waals surface area contributed by atoms with Crippen LogP contribution >= 0.6 is 0 Å². The second kappa shape index (κ2) is 7.65. The summed E-state index contributed by atoms with van der Waals surface area (Å²) in [6.45, 7) is 12.0. The van der Waals surface area contributed by atoms with Crippen LogP contribution < -0.4 is 5.73 Å². The Labute approximate surface area is 93.4 Å². The van der Waals surface area contributed by atoms with E-state index in [1.165, 1.54) is 0 Å². The Morgan fingerprint density at radius 3 is 2.00 bits per heavy atom. The van der Waals surface area contributed by atoms with Crippen molar-refractivity contribution < 1.29 is 4.79 Å². The number of hydrogen-bond donors (Lipinski definition) is 1. The van der Waals surface area contributed by atoms with Crippen LogP contribution in [0, 0.1) is 5.92 Å². The highest BCUT2D eigenvalue weighted by atomic mass is 16.2. The van der Waals surface area contributed by atoms with Gasteiger partial charge in [-0.05, 0) is 0 Å². The molecule has 1 aliphatic heterocycles. The summed E-state index contributed by atoms with van der Waals surface area (Å²) in [5.41, 5.74) is 5.51. The van der Waals surface area contributed by atoms with Gasteiger partial charge in [0, 0.05) is 38.8 Å². The molecule has 1 saturated heterocycles. The van der Waals surface area contributed by atoms with E-state index >= 15 is 0 Å². The van der Waals surface area contributed by atoms with Gasteiger partial charge in [-0.15, -0.1) is 0 Å². The predicted molar refractivity (Wildman–Crippen MR) is 63.4 cm³/mol. The van der Waals surface area contributed by atoms with Crippen LogP contribution in [0.5, 0.6) is 0 Å². The topological polar surface area (TPSA) is 49.6 Å². The first-order valence-corrected chi connectivity index (χ1v) is 5.86. The number of hydrogen-bond acceptors (Lipinski definition) is 3. The molecule has 1 heterocycles. The first kappa shape index (κ1) is 14.4. The molecule has 1 fully saturated rings. The van der Waals surface area contributed by atoms with Crippen molar-refractivity contribution in [1.29, 1.82) is 0 Å². The molecule has 1 rings (SSSR count). The lowest BCUT2D eigenvalue weighted by atomic mass is 10.1. The number of carbonyl (C=O) groups excluding carboxylic acids is 1. The predicted octanol–water partition coefficient (Wildman–Crippen LogP) is 0.729. The van der Waals surface area contributed by atoms with Gasteiger partial charge in [-0.2, -0.15) is 0 Å². The van der Waals surface area contributed by atoms with Crippen LogP contribution in [-0.4, -0.2) is 48.6 Å². The second-order valence-electron chi connectivity index (χ2n) is 3.78. The largest absolute Gasteiger partial charge is 0.340 e. The van der Waals surface area contributed by atoms with Crippen LogP contribution in [0.4, 0.5) is 0 Å². The Balaban J connectivity index is 0.000000921. The van der Waals surface area contributed by atoms with Crippen molar-refractivity contribution >= 4 is 5.91 Å². The van der Waals surface area contributed by atoms with Crippen molar-refractivity contribution in [2.45, 2.75) is 27.7 Å². The van der Waals surface area contributed by atoms with E-state index in [4.69, 9.17) is 5.73 Å². The molecule has 4 heteroatoms. The zero-order chi connectivity index (χ0) is 11.8. The quantitative estimate of drug-likeness (QED) is 0.739. The minimum absolute atomic E-state index is 0.115. The molecule has 0 unspecified atom stereocenters. The molecule has 0 radical (unpaired) electrons. The molecule has 0 aromatic carbocycles. The van der Waals surface area contributed by atoms with Crippen molar-refractivity contribution in [3.63, 3.8) is 0 Å². The molecule has 0 bridgehead atoms. The van der Waals surface area contributed by atoms with Gasteiger partial charge in [-0.25, -0.2) is 0 Å². The monoisotopic (exact) mass is 215 g/mol. The molecular weight excluding hydrogens is 190 g/mol. The van der Waals surface area contributed by atoms with Crippen molar-refractivity contribution in [2.75, 3.05) is 32.8 Å². The fraction of sp³-hybridized carbons (Fsp3) is 0.909. The van der Waals surface area contributed by atoms with Crippen LogP contribution in [0.1, 0.15) is 27.7 Å². The molecule has 0 spiro atoms. The summed E-state index contributed by atoms with van der Waals surface area (Å²) in [5.74, 6) is 0.376. The average molecular weight is 215 g/mol. The standard InChI is InChI=1S/C9H19N3O.C2H6/c1-8(2)9(13)12-5-3-11(7-10)4-6-12;1-2/h8H,3-7,10H2,1-2H3;1-2H3. The Hall–Kier alpha value is -0.610. The normalized spacial score (nSPS) is 17.3. The zero-order valence-electron chi connectivity index (χ0n) is 10.5. The van der Waals surface area contributed by atoms with Gasteiger partial charge in [-0.1, -0.05) is 27.7 Å². The van der Waals surface area contributed by atoms with Crippen LogP contribution in [0.2, 0.25) is 0 Å². The van der Waals surface area contributed by atoms with E-state index in [1.807, 2.05) is 32.6 Å². The fourth-order valence-electron chi connectivity index (χ4n) is 1.52. The maximum Gasteiger partial charge on any atom is 0.225 e. The van der Waals surface area contributed by atoms with E-state index in [0.29, 0.717) is 6.67 Å². The average Bonchev–Trinajstić information content (AvgIpc) is 2.31. The van der Waals surface area contributed by atoms with Crippen molar-refractivity contribution in [2.24, 2.45) is 11.7 Å². The molecule has 0 aliphatic carbocycles. The number of rotatable bonds is 2. The first-order valence-electron chi connectivity index (χ1n) is 5.86. The van der Waals surface area contributed by atoms with Crippen LogP contribution in [0.25, 0.3) is 0 Å². The SMILES string of the molecule is CC.CC(C)C(=O)N1CCN(CN)CC1. The summed E-state index contributed by atoms with van der Waals surface area (Å²) < 4.78 is 0. The molecule has 1 aliphatic rings. The molecule has 90 valence electrons. The third-order valence-electron chi connectivity index (χ3n) is 2.44. The van der Waals surface area contributed by atoms with Crippen LogP contribution in [-0.2, 0) is 4.79 Å². The summed E-state index contributed by atoms with van der Waals surface area (Å²) in [5, 5.41) is 0. The highest BCUT2D eigenvalue weighted by Gasteiger charge is 2.21. The van der Waals surface area contributed by atoms with Crippen molar-refractivity contribution in [3.05, 3.63) is 0 Å². The Bertz CT molecular complexity index is 175. The van der Waals surface area contributed by atoms with Gasteiger partial charge in [0.2, 0.25) is 5.91 Å². The number of amides is 1. The summed E-state index contributed by atoms with van der Waals surface area (Å²) in [6.07, 6.45) is 0. The molecule has 15 heavy (non-hydrogen) atoms. The molecule has 0 saturated carbocycles. The van der Waals surface area contributed by atoms with Gasteiger partial charge in [0.05, 0.1) is 0 Å². The number of carbonyl (C=O) groups is 1. The van der Waals surface area contributed by atoms with Gasteiger partial charge < -0.3 is 10.6 Å². The second-order valence-corrected chi connectivity index (χ2v) is 3.78. The molecule has 4 nitrogen and oxygen atoms in total. The molecule has 2 N–H and O–H groups in total. The van der Waals surface area contributed by atoms with Crippen molar-refractivity contribution in [1.82, 2.24) is 9.80 Å². The number of nitrogens with zero attached hydrogens (tertiary/aromatic N) is 2.